The van der Waals surface area contributed by atoms with Gasteiger partial charge in [-0.2, -0.15) is 0 Å². The lowest BCUT2D eigenvalue weighted by molar-refractivity contribution is -0.123. The topological polar surface area (TPSA) is 92.1 Å². The van der Waals surface area contributed by atoms with E-state index in [-0.39, 0.29) is 23.0 Å². The third-order valence-corrected chi connectivity index (χ3v) is 9.03. The number of thioether (sulfide) groups is 1. The fraction of sp³-hybridized carbons (Fsp3) is 0.478. The van der Waals surface area contributed by atoms with E-state index in [1.165, 1.54) is 9.30 Å². The molecule has 11 heteroatoms. The fourth-order valence-corrected chi connectivity index (χ4v) is 7.46. The number of aryl methyl sites for hydroxylation is 1. The average molecular weight is 521 g/mol. The molecule has 2 aliphatic rings. The van der Waals surface area contributed by atoms with Gasteiger partial charge in [-0.1, -0.05) is 43.9 Å². The minimum absolute atomic E-state index is 0.0518. The maximum Gasteiger partial charge on any atom is 0.267 e. The van der Waals surface area contributed by atoms with Crippen molar-refractivity contribution in [2.45, 2.75) is 46.1 Å². The van der Waals surface area contributed by atoms with Crippen LogP contribution in [0.5, 0.6) is 0 Å². The first-order valence-electron chi connectivity index (χ1n) is 11.4. The minimum Gasteiger partial charge on any atom is -0.356 e. The Balaban J connectivity index is 1.83. The fourth-order valence-electron chi connectivity index (χ4n) is 4.38. The molecule has 2 aromatic rings. The maximum absolute atomic E-state index is 13.6. The van der Waals surface area contributed by atoms with Gasteiger partial charge in [0, 0.05) is 19.3 Å². The van der Waals surface area contributed by atoms with Crippen molar-refractivity contribution in [2.75, 3.05) is 29.5 Å². The third-order valence-electron chi connectivity index (χ3n) is 5.94. The number of nitrogens with zero attached hydrogens (tertiary/aromatic N) is 4. The number of carbonyl (C=O) groups excluding carboxylic acids is 1. The van der Waals surface area contributed by atoms with Gasteiger partial charge in [-0.3, -0.25) is 18.9 Å². The van der Waals surface area contributed by atoms with Gasteiger partial charge < -0.3 is 4.90 Å². The van der Waals surface area contributed by atoms with Crippen molar-refractivity contribution in [3.8, 4) is 0 Å². The average Bonchev–Trinajstić information content (AvgIpc) is 3.27. The minimum atomic E-state index is -3.17. The molecular formula is C23H28N4O4S3. The number of pyridine rings is 1. The van der Waals surface area contributed by atoms with Crippen molar-refractivity contribution in [1.29, 1.82) is 0 Å². The van der Waals surface area contributed by atoms with E-state index in [4.69, 9.17) is 17.2 Å². The van der Waals surface area contributed by atoms with E-state index in [2.05, 4.69) is 18.7 Å². The van der Waals surface area contributed by atoms with E-state index < -0.39 is 15.9 Å². The van der Waals surface area contributed by atoms with Crippen LogP contribution in [0.1, 0.15) is 44.2 Å². The Bertz CT molecular complexity index is 1340. The molecule has 0 aliphatic carbocycles. The highest BCUT2D eigenvalue weighted by Gasteiger charge is 2.42. The zero-order chi connectivity index (χ0) is 24.6. The number of carbonyl (C=O) groups is 1. The first kappa shape index (κ1) is 24.9. The smallest absolute Gasteiger partial charge is 0.267 e. The second kappa shape index (κ2) is 9.79. The molecule has 0 spiro atoms. The molecule has 1 amide bonds. The van der Waals surface area contributed by atoms with Crippen LogP contribution < -0.4 is 10.5 Å². The molecule has 34 heavy (non-hydrogen) atoms. The normalized spacial score (nSPS) is 21.2. The van der Waals surface area contributed by atoms with Crippen molar-refractivity contribution in [1.82, 2.24) is 14.3 Å². The van der Waals surface area contributed by atoms with Crippen molar-refractivity contribution in [3.63, 3.8) is 0 Å². The van der Waals surface area contributed by atoms with E-state index in [1.54, 1.807) is 12.3 Å². The monoisotopic (exact) mass is 520 g/mol. The largest absolute Gasteiger partial charge is 0.356 e. The SMILES string of the molecule is CCCN(CCC)c1nc2ccc(C)cn2c(=O)c1C=C1SC(=S)N(C2CCS(=O)(=O)C2)C1=O. The second-order valence-corrected chi connectivity index (χ2v) is 12.6. The van der Waals surface area contributed by atoms with Crippen LogP contribution in [0.3, 0.4) is 0 Å². The highest BCUT2D eigenvalue weighted by Crippen LogP contribution is 2.37. The Hall–Kier alpha value is -2.24. The number of hydrogen-bond acceptors (Lipinski definition) is 8. The Labute approximate surface area is 209 Å². The molecule has 2 aromatic heterocycles. The standard InChI is InChI=1S/C23H28N4O4S3/c1-4-9-25(10-5-2)20-17(21(28)26-13-15(3)6-7-19(26)24-20)12-18-22(29)27(23(32)33-18)16-8-11-34(30,31)14-16/h6-7,12-13,16H,4-5,8-11,14H2,1-3H3. The van der Waals surface area contributed by atoms with Crippen LogP contribution in [0.25, 0.3) is 11.7 Å². The van der Waals surface area contributed by atoms with Crippen LogP contribution in [-0.4, -0.2) is 63.6 Å². The summed E-state index contributed by atoms with van der Waals surface area (Å²) in [7, 11) is -3.17. The van der Waals surface area contributed by atoms with Gasteiger partial charge in [0.05, 0.1) is 28.0 Å². The van der Waals surface area contributed by atoms with Crippen molar-refractivity contribution in [2.24, 2.45) is 0 Å². The van der Waals surface area contributed by atoms with Gasteiger partial charge in [-0.05, 0) is 43.9 Å². The molecule has 1 unspecified atom stereocenters. The molecule has 2 fully saturated rings. The van der Waals surface area contributed by atoms with E-state index in [0.29, 0.717) is 32.7 Å². The van der Waals surface area contributed by atoms with Gasteiger partial charge in [-0.15, -0.1) is 0 Å². The zero-order valence-corrected chi connectivity index (χ0v) is 21.9. The number of thiocarbonyl (C=S) groups is 1. The number of hydrogen-bond donors (Lipinski definition) is 0. The molecule has 0 aromatic carbocycles. The first-order chi connectivity index (χ1) is 16.1. The van der Waals surface area contributed by atoms with E-state index in [0.717, 1.165) is 43.3 Å². The third kappa shape index (κ3) is 4.78. The zero-order valence-electron chi connectivity index (χ0n) is 19.5. The molecule has 4 rings (SSSR count). The summed E-state index contributed by atoms with van der Waals surface area (Å²) >= 11 is 6.55. The molecule has 4 heterocycles. The lowest BCUT2D eigenvalue weighted by atomic mass is 10.2. The summed E-state index contributed by atoms with van der Waals surface area (Å²) in [4.78, 5) is 35.5. The quantitative estimate of drug-likeness (QED) is 0.406. The maximum atomic E-state index is 13.6. The Kier molecular flexibility index (Phi) is 7.16. The van der Waals surface area contributed by atoms with Crippen molar-refractivity contribution in [3.05, 3.63) is 44.7 Å². The number of sulfone groups is 1. The highest BCUT2D eigenvalue weighted by atomic mass is 32.2. The lowest BCUT2D eigenvalue weighted by Crippen LogP contribution is -2.39. The lowest BCUT2D eigenvalue weighted by Gasteiger charge is -2.24. The Morgan fingerprint density at radius 1 is 1.24 bits per heavy atom. The number of aromatic nitrogens is 2. The molecule has 2 saturated heterocycles. The Morgan fingerprint density at radius 3 is 2.56 bits per heavy atom. The van der Waals surface area contributed by atoms with Crippen molar-refractivity contribution < 1.29 is 13.2 Å². The predicted molar refractivity (Wildman–Crippen MR) is 141 cm³/mol. The van der Waals surface area contributed by atoms with E-state index in [9.17, 15) is 18.0 Å². The van der Waals surface area contributed by atoms with Crippen LogP contribution in [0.4, 0.5) is 5.82 Å². The number of fused-ring (bicyclic) bond motifs is 1. The summed E-state index contributed by atoms with van der Waals surface area (Å²) in [6.45, 7) is 7.50. The van der Waals surface area contributed by atoms with Crippen LogP contribution in [0.15, 0.2) is 28.0 Å². The summed E-state index contributed by atoms with van der Waals surface area (Å²) < 4.78 is 25.8. The summed E-state index contributed by atoms with van der Waals surface area (Å²) in [5, 5.41) is 0. The molecule has 0 N–H and O–H groups in total. The van der Waals surface area contributed by atoms with Gasteiger partial charge in [-0.25, -0.2) is 13.4 Å². The van der Waals surface area contributed by atoms with Crippen molar-refractivity contribution >= 4 is 61.6 Å². The predicted octanol–water partition coefficient (Wildman–Crippen LogP) is 3.02. The van der Waals surface area contributed by atoms with Gasteiger partial charge in [0.2, 0.25) is 0 Å². The molecule has 0 bridgehead atoms. The summed E-state index contributed by atoms with van der Waals surface area (Å²) in [6, 6.07) is 3.27. The van der Waals surface area contributed by atoms with Crippen LogP contribution in [0, 0.1) is 6.92 Å². The van der Waals surface area contributed by atoms with E-state index in [1.807, 2.05) is 19.1 Å². The summed E-state index contributed by atoms with van der Waals surface area (Å²) in [5.41, 5.74) is 1.55. The van der Waals surface area contributed by atoms with E-state index >= 15 is 0 Å². The molecule has 2 aliphatic heterocycles. The summed E-state index contributed by atoms with van der Waals surface area (Å²) in [6.07, 6.45) is 5.46. The van der Waals surface area contributed by atoms with Crippen LogP contribution in [-0.2, 0) is 14.6 Å². The molecule has 182 valence electrons. The molecule has 1 atom stereocenters. The van der Waals surface area contributed by atoms with Crippen LogP contribution in [0.2, 0.25) is 0 Å². The number of rotatable bonds is 7. The van der Waals surface area contributed by atoms with Gasteiger partial charge in [0.25, 0.3) is 11.5 Å². The van der Waals surface area contributed by atoms with Gasteiger partial charge in [0.15, 0.2) is 9.84 Å². The molecule has 0 saturated carbocycles. The Morgan fingerprint density at radius 2 is 1.94 bits per heavy atom. The number of anilines is 1. The second-order valence-electron chi connectivity index (χ2n) is 8.68. The van der Waals surface area contributed by atoms with Gasteiger partial charge in [0.1, 0.15) is 15.8 Å². The molecule has 0 radical (unpaired) electrons. The molecule has 8 nitrogen and oxygen atoms in total. The van der Waals surface area contributed by atoms with Crippen LogP contribution >= 0.6 is 24.0 Å². The highest BCUT2D eigenvalue weighted by molar-refractivity contribution is 8.26. The first-order valence-corrected chi connectivity index (χ1v) is 14.4. The van der Waals surface area contributed by atoms with Gasteiger partial charge >= 0.3 is 0 Å². The summed E-state index contributed by atoms with van der Waals surface area (Å²) in [5.74, 6) is 0.162. The number of amides is 1. The molecular weight excluding hydrogens is 492 g/mol.